The Bertz CT molecular complexity index is 605. The minimum Gasteiger partial charge on any atom is -0.441 e. The Hall–Kier alpha value is -1.66. The predicted molar refractivity (Wildman–Crippen MR) is 86.7 cm³/mol. The molecule has 22 heavy (non-hydrogen) atoms. The van der Waals surface area contributed by atoms with Gasteiger partial charge in [0.15, 0.2) is 0 Å². The monoisotopic (exact) mass is 322 g/mol. The fraction of sp³-hybridized carbons (Fsp3) is 0.500. The van der Waals surface area contributed by atoms with Crippen LogP contribution in [0.4, 0.5) is 0 Å². The lowest BCUT2D eigenvalue weighted by atomic mass is 10.0. The molecule has 0 saturated heterocycles. The van der Waals surface area contributed by atoms with Crippen molar-refractivity contribution >= 4 is 17.2 Å². The number of aromatic nitrogens is 1. The van der Waals surface area contributed by atoms with E-state index in [2.05, 4.69) is 10.3 Å². The van der Waals surface area contributed by atoms with Gasteiger partial charge in [0, 0.05) is 17.5 Å². The van der Waals surface area contributed by atoms with Gasteiger partial charge >= 0.3 is 0 Å². The topological polar surface area (TPSA) is 75.4 Å². The molecule has 2 unspecified atom stereocenters. The maximum atomic E-state index is 12.0. The van der Waals surface area contributed by atoms with Crippen LogP contribution in [0.1, 0.15) is 31.7 Å². The van der Waals surface area contributed by atoms with Crippen molar-refractivity contribution in [3.63, 3.8) is 0 Å². The van der Waals surface area contributed by atoms with Crippen LogP contribution in [0.2, 0.25) is 0 Å². The number of thiophene rings is 1. The summed E-state index contributed by atoms with van der Waals surface area (Å²) in [5.74, 6) is 1.40. The van der Waals surface area contributed by atoms with Gasteiger partial charge in [-0.1, -0.05) is 6.92 Å². The number of rotatable bonds is 7. The number of aliphatic hydroxyl groups is 1. The largest absolute Gasteiger partial charge is 0.441 e. The van der Waals surface area contributed by atoms with Crippen molar-refractivity contribution in [1.82, 2.24) is 10.3 Å². The van der Waals surface area contributed by atoms with Crippen LogP contribution < -0.4 is 5.32 Å². The van der Waals surface area contributed by atoms with Gasteiger partial charge in [-0.05, 0) is 37.6 Å². The number of aliphatic hydroxyl groups excluding tert-OH is 1. The SMILES string of the molecule is Cc1oc(-c2ccsc2)nc1CC(=O)NCC(C)CC(C)O. The van der Waals surface area contributed by atoms with Gasteiger partial charge in [0.05, 0.1) is 18.2 Å². The van der Waals surface area contributed by atoms with Gasteiger partial charge in [0.25, 0.3) is 0 Å². The molecular formula is C16H22N2O3S. The van der Waals surface area contributed by atoms with E-state index in [-0.39, 0.29) is 24.3 Å². The molecule has 0 aliphatic carbocycles. The second-order valence-corrected chi connectivity index (χ2v) is 6.48. The molecule has 2 aromatic heterocycles. The van der Waals surface area contributed by atoms with Crippen LogP contribution in [0.25, 0.3) is 11.5 Å². The second-order valence-electron chi connectivity index (χ2n) is 5.70. The fourth-order valence-corrected chi connectivity index (χ4v) is 2.90. The molecule has 2 aromatic rings. The quantitative estimate of drug-likeness (QED) is 0.822. The second kappa shape index (κ2) is 7.56. The third-order valence-corrected chi connectivity index (χ3v) is 4.06. The first-order chi connectivity index (χ1) is 10.5. The van der Waals surface area contributed by atoms with E-state index >= 15 is 0 Å². The van der Waals surface area contributed by atoms with Gasteiger partial charge < -0.3 is 14.8 Å². The van der Waals surface area contributed by atoms with E-state index in [1.807, 2.05) is 30.7 Å². The molecule has 2 N–H and O–H groups in total. The zero-order chi connectivity index (χ0) is 16.1. The minimum atomic E-state index is -0.349. The van der Waals surface area contributed by atoms with E-state index in [1.165, 1.54) is 0 Å². The lowest BCUT2D eigenvalue weighted by molar-refractivity contribution is -0.120. The van der Waals surface area contributed by atoms with E-state index in [0.717, 1.165) is 5.56 Å². The first-order valence-electron chi connectivity index (χ1n) is 7.39. The highest BCUT2D eigenvalue weighted by Crippen LogP contribution is 2.23. The van der Waals surface area contributed by atoms with Crippen molar-refractivity contribution in [2.45, 2.75) is 39.7 Å². The molecule has 0 aromatic carbocycles. The van der Waals surface area contributed by atoms with Gasteiger partial charge in [-0.3, -0.25) is 4.79 Å². The van der Waals surface area contributed by atoms with Crippen molar-refractivity contribution in [3.05, 3.63) is 28.3 Å². The van der Waals surface area contributed by atoms with E-state index in [9.17, 15) is 9.90 Å². The molecule has 0 aliphatic rings. The lowest BCUT2D eigenvalue weighted by Crippen LogP contribution is -2.30. The molecule has 6 heteroatoms. The summed E-state index contributed by atoms with van der Waals surface area (Å²) < 4.78 is 5.62. The molecule has 0 radical (unpaired) electrons. The number of nitrogens with one attached hydrogen (secondary N) is 1. The first-order valence-corrected chi connectivity index (χ1v) is 8.33. The standard InChI is InChI=1S/C16H22N2O3S/c1-10(6-11(2)19)8-17-15(20)7-14-12(3)21-16(18-14)13-4-5-22-9-13/h4-5,9-11,19H,6-8H2,1-3H3,(H,17,20). The average Bonchev–Trinajstić information content (AvgIpc) is 3.06. The molecule has 5 nitrogen and oxygen atoms in total. The van der Waals surface area contributed by atoms with Crippen molar-refractivity contribution in [3.8, 4) is 11.5 Å². The molecule has 0 fully saturated rings. The van der Waals surface area contributed by atoms with Crippen LogP contribution in [-0.4, -0.2) is 28.6 Å². The summed E-state index contributed by atoms with van der Waals surface area (Å²) in [5, 5.41) is 16.1. The van der Waals surface area contributed by atoms with E-state index in [4.69, 9.17) is 4.42 Å². The zero-order valence-corrected chi connectivity index (χ0v) is 13.9. The van der Waals surface area contributed by atoms with E-state index in [0.29, 0.717) is 30.3 Å². The highest BCUT2D eigenvalue weighted by molar-refractivity contribution is 7.08. The Morgan fingerprint density at radius 3 is 2.91 bits per heavy atom. The Morgan fingerprint density at radius 2 is 2.27 bits per heavy atom. The summed E-state index contributed by atoms with van der Waals surface area (Å²) >= 11 is 1.58. The van der Waals surface area contributed by atoms with Gasteiger partial charge in [0.2, 0.25) is 11.8 Å². The number of aryl methyl sites for hydroxylation is 1. The summed E-state index contributed by atoms with van der Waals surface area (Å²) in [5.41, 5.74) is 1.60. The molecule has 0 saturated carbocycles. The first kappa shape index (κ1) is 16.7. The smallest absolute Gasteiger partial charge is 0.227 e. The normalized spacial score (nSPS) is 13.8. The summed E-state index contributed by atoms with van der Waals surface area (Å²) in [4.78, 5) is 16.4. The third-order valence-electron chi connectivity index (χ3n) is 3.38. The molecule has 2 heterocycles. The molecule has 2 rings (SSSR count). The predicted octanol–water partition coefficient (Wildman–Crippen LogP) is 2.78. The Balaban J connectivity index is 1.89. The Kier molecular flexibility index (Phi) is 5.74. The number of oxazole rings is 1. The molecule has 0 bridgehead atoms. The maximum Gasteiger partial charge on any atom is 0.227 e. The fourth-order valence-electron chi connectivity index (χ4n) is 2.27. The minimum absolute atomic E-state index is 0.0780. The van der Waals surface area contributed by atoms with Gasteiger partial charge in [-0.25, -0.2) is 4.98 Å². The highest BCUT2D eigenvalue weighted by Gasteiger charge is 2.15. The maximum absolute atomic E-state index is 12.0. The number of amides is 1. The molecule has 120 valence electrons. The van der Waals surface area contributed by atoms with Crippen LogP contribution in [0.5, 0.6) is 0 Å². The Morgan fingerprint density at radius 1 is 1.50 bits per heavy atom. The Labute approximate surface area is 134 Å². The van der Waals surface area contributed by atoms with Crippen LogP contribution in [0.3, 0.4) is 0 Å². The summed E-state index contributed by atoms with van der Waals surface area (Å²) in [6.07, 6.45) is 0.532. The lowest BCUT2D eigenvalue weighted by Gasteiger charge is -2.13. The molecule has 0 aliphatic heterocycles. The number of hydrogen-bond acceptors (Lipinski definition) is 5. The van der Waals surface area contributed by atoms with Gasteiger partial charge in [0.1, 0.15) is 5.76 Å². The summed E-state index contributed by atoms with van der Waals surface area (Å²) in [6.45, 7) is 6.13. The third kappa shape index (κ3) is 4.68. The van der Waals surface area contributed by atoms with Crippen molar-refractivity contribution in [2.75, 3.05) is 6.54 Å². The number of hydrogen-bond donors (Lipinski definition) is 2. The highest BCUT2D eigenvalue weighted by atomic mass is 32.1. The van der Waals surface area contributed by atoms with Crippen LogP contribution in [0.15, 0.2) is 21.2 Å². The zero-order valence-electron chi connectivity index (χ0n) is 13.1. The summed E-state index contributed by atoms with van der Waals surface area (Å²) in [6, 6.07) is 1.94. The van der Waals surface area contributed by atoms with Crippen LogP contribution >= 0.6 is 11.3 Å². The van der Waals surface area contributed by atoms with Gasteiger partial charge in [-0.15, -0.1) is 0 Å². The molecule has 2 atom stereocenters. The number of carbonyl (C=O) groups excluding carboxylic acids is 1. The average molecular weight is 322 g/mol. The molecule has 0 spiro atoms. The number of carbonyl (C=O) groups is 1. The van der Waals surface area contributed by atoms with Crippen molar-refractivity contribution in [2.24, 2.45) is 5.92 Å². The van der Waals surface area contributed by atoms with Gasteiger partial charge in [-0.2, -0.15) is 11.3 Å². The molecule has 1 amide bonds. The van der Waals surface area contributed by atoms with Crippen LogP contribution in [0, 0.1) is 12.8 Å². The molecular weight excluding hydrogens is 300 g/mol. The van der Waals surface area contributed by atoms with E-state index in [1.54, 1.807) is 18.3 Å². The van der Waals surface area contributed by atoms with Crippen molar-refractivity contribution in [1.29, 1.82) is 0 Å². The van der Waals surface area contributed by atoms with Crippen LogP contribution in [-0.2, 0) is 11.2 Å². The summed E-state index contributed by atoms with van der Waals surface area (Å²) in [7, 11) is 0. The number of nitrogens with zero attached hydrogens (tertiary/aromatic N) is 1. The van der Waals surface area contributed by atoms with E-state index < -0.39 is 0 Å². The van der Waals surface area contributed by atoms with Crippen molar-refractivity contribution < 1.29 is 14.3 Å².